The zero-order valence-electron chi connectivity index (χ0n) is 15.2. The van der Waals surface area contributed by atoms with Crippen LogP contribution in [0.5, 0.6) is 0 Å². The van der Waals surface area contributed by atoms with Crippen LogP contribution in [0, 0.1) is 0 Å². The Balaban J connectivity index is 1.55. The number of nitrogens with one attached hydrogen (secondary N) is 1. The largest absolute Gasteiger partial charge is 0.416 e. The second-order valence-electron chi connectivity index (χ2n) is 6.69. The Morgan fingerprint density at radius 2 is 1.63 bits per heavy atom. The van der Waals surface area contributed by atoms with Crippen LogP contribution in [0.4, 0.5) is 13.2 Å². The van der Waals surface area contributed by atoms with Gasteiger partial charge >= 0.3 is 6.18 Å². The second kappa shape index (κ2) is 8.23. The molecule has 0 saturated heterocycles. The third-order valence-electron chi connectivity index (χ3n) is 4.30. The average Bonchev–Trinajstić information content (AvgIpc) is 3.10. The van der Waals surface area contributed by atoms with E-state index in [0.717, 1.165) is 33.1 Å². The molecule has 0 bridgehead atoms. The fourth-order valence-corrected chi connectivity index (χ4v) is 3.58. The first kappa shape index (κ1) is 19.6. The molecule has 142 valence electrons. The molecule has 6 heteroatoms. The number of alkyl halides is 3. The molecule has 0 amide bonds. The van der Waals surface area contributed by atoms with Gasteiger partial charge in [0.05, 0.1) is 10.4 Å². The van der Waals surface area contributed by atoms with Gasteiger partial charge in [0, 0.05) is 19.3 Å². The molecule has 0 radical (unpaired) electrons. The fourth-order valence-electron chi connectivity index (χ4n) is 2.68. The highest BCUT2D eigenvalue weighted by atomic mass is 32.1. The Morgan fingerprint density at radius 3 is 2.22 bits per heavy atom. The molecule has 0 unspecified atom stereocenters. The molecule has 2 aromatic carbocycles. The monoisotopic (exact) mass is 390 g/mol. The summed E-state index contributed by atoms with van der Waals surface area (Å²) in [4.78, 5) is 5.54. The number of nitrogens with zero attached hydrogens (tertiary/aromatic N) is 1. The van der Waals surface area contributed by atoms with E-state index in [4.69, 9.17) is 0 Å². The van der Waals surface area contributed by atoms with Crippen LogP contribution < -0.4 is 5.32 Å². The maximum atomic E-state index is 12.6. The molecule has 0 atom stereocenters. The summed E-state index contributed by atoms with van der Waals surface area (Å²) >= 11 is 1.62. The highest BCUT2D eigenvalue weighted by Crippen LogP contribution is 2.29. The molecule has 27 heavy (non-hydrogen) atoms. The summed E-state index contributed by atoms with van der Waals surface area (Å²) in [5.41, 5.74) is 2.64. The SMILES string of the molecule is CC(C)c1ccc(-c2cnc(CNCc3ccc(C(F)(F)F)cc3)s2)cc1. The van der Waals surface area contributed by atoms with Crippen molar-refractivity contribution >= 4 is 11.3 Å². The zero-order chi connectivity index (χ0) is 19.4. The van der Waals surface area contributed by atoms with Crippen molar-refractivity contribution in [2.24, 2.45) is 0 Å². The van der Waals surface area contributed by atoms with E-state index in [0.29, 0.717) is 19.0 Å². The van der Waals surface area contributed by atoms with Gasteiger partial charge in [-0.2, -0.15) is 13.2 Å². The van der Waals surface area contributed by atoms with Crippen LogP contribution in [0.2, 0.25) is 0 Å². The third-order valence-corrected chi connectivity index (χ3v) is 5.35. The van der Waals surface area contributed by atoms with Crippen molar-refractivity contribution in [1.29, 1.82) is 0 Å². The van der Waals surface area contributed by atoms with E-state index >= 15 is 0 Å². The van der Waals surface area contributed by atoms with Gasteiger partial charge in [0.15, 0.2) is 0 Å². The molecule has 0 fully saturated rings. The number of halogens is 3. The van der Waals surface area contributed by atoms with Crippen molar-refractivity contribution in [2.75, 3.05) is 0 Å². The number of rotatable bonds is 6. The average molecular weight is 390 g/mol. The summed E-state index contributed by atoms with van der Waals surface area (Å²) in [5.74, 6) is 0.505. The lowest BCUT2D eigenvalue weighted by molar-refractivity contribution is -0.137. The third kappa shape index (κ3) is 5.17. The summed E-state index contributed by atoms with van der Waals surface area (Å²) < 4.78 is 37.7. The first-order valence-corrected chi connectivity index (χ1v) is 9.56. The van der Waals surface area contributed by atoms with E-state index in [-0.39, 0.29) is 0 Å². The van der Waals surface area contributed by atoms with Crippen LogP contribution in [0.3, 0.4) is 0 Å². The number of benzene rings is 2. The lowest BCUT2D eigenvalue weighted by Crippen LogP contribution is -2.12. The van der Waals surface area contributed by atoms with Gasteiger partial charge in [-0.15, -0.1) is 11.3 Å². The molecule has 0 aliphatic heterocycles. The van der Waals surface area contributed by atoms with Gasteiger partial charge in [-0.05, 0) is 34.7 Å². The smallest absolute Gasteiger partial charge is 0.306 e. The van der Waals surface area contributed by atoms with Gasteiger partial charge in [0.2, 0.25) is 0 Å². The molecule has 2 nitrogen and oxygen atoms in total. The van der Waals surface area contributed by atoms with Gasteiger partial charge in [0.1, 0.15) is 5.01 Å². The minimum atomic E-state index is -4.30. The predicted octanol–water partition coefficient (Wildman–Crippen LogP) is 6.24. The van der Waals surface area contributed by atoms with Crippen LogP contribution in [0.1, 0.15) is 41.5 Å². The Labute approximate surface area is 161 Å². The van der Waals surface area contributed by atoms with Gasteiger partial charge in [-0.3, -0.25) is 0 Å². The van der Waals surface area contributed by atoms with Crippen LogP contribution >= 0.6 is 11.3 Å². The van der Waals surface area contributed by atoms with Crippen LogP contribution in [0.15, 0.2) is 54.7 Å². The van der Waals surface area contributed by atoms with E-state index in [1.807, 2.05) is 6.20 Å². The molecule has 0 aliphatic rings. The zero-order valence-corrected chi connectivity index (χ0v) is 16.0. The van der Waals surface area contributed by atoms with Crippen molar-refractivity contribution in [3.05, 3.63) is 76.4 Å². The molecule has 1 aromatic heterocycles. The summed E-state index contributed by atoms with van der Waals surface area (Å²) in [6.07, 6.45) is -2.43. The summed E-state index contributed by atoms with van der Waals surface area (Å²) in [5, 5.41) is 4.18. The summed E-state index contributed by atoms with van der Waals surface area (Å²) in [6.45, 7) is 5.41. The van der Waals surface area contributed by atoms with E-state index in [9.17, 15) is 13.2 Å². The molecule has 0 aliphatic carbocycles. The lowest BCUT2D eigenvalue weighted by atomic mass is 10.0. The standard InChI is InChI=1S/C21H21F3N2S/c1-14(2)16-5-7-17(8-6-16)19-12-26-20(27-19)13-25-11-15-3-9-18(10-4-15)21(22,23)24/h3-10,12,14,25H,11,13H2,1-2H3. The molecule has 3 aromatic rings. The van der Waals surface area contributed by atoms with Crippen LogP contribution in [-0.4, -0.2) is 4.98 Å². The van der Waals surface area contributed by atoms with Gasteiger partial charge in [-0.1, -0.05) is 50.2 Å². The minimum Gasteiger partial charge on any atom is -0.306 e. The highest BCUT2D eigenvalue weighted by Gasteiger charge is 2.29. The summed E-state index contributed by atoms with van der Waals surface area (Å²) in [7, 11) is 0. The molecular weight excluding hydrogens is 369 g/mol. The van der Waals surface area contributed by atoms with Gasteiger partial charge < -0.3 is 5.32 Å². The second-order valence-corrected chi connectivity index (χ2v) is 7.81. The van der Waals surface area contributed by atoms with Gasteiger partial charge in [0.25, 0.3) is 0 Å². The number of thiazole rings is 1. The molecule has 1 heterocycles. The van der Waals surface area contributed by atoms with Crippen molar-refractivity contribution in [1.82, 2.24) is 10.3 Å². The van der Waals surface area contributed by atoms with Crippen LogP contribution in [-0.2, 0) is 19.3 Å². The molecule has 0 saturated carbocycles. The maximum Gasteiger partial charge on any atom is 0.416 e. The molecule has 1 N–H and O–H groups in total. The van der Waals surface area contributed by atoms with Gasteiger partial charge in [-0.25, -0.2) is 4.98 Å². The van der Waals surface area contributed by atoms with E-state index in [1.54, 1.807) is 11.3 Å². The van der Waals surface area contributed by atoms with Crippen molar-refractivity contribution in [3.8, 4) is 10.4 Å². The Kier molecular flexibility index (Phi) is 5.97. The normalized spacial score (nSPS) is 11.9. The van der Waals surface area contributed by atoms with E-state index in [2.05, 4.69) is 48.4 Å². The number of hydrogen-bond acceptors (Lipinski definition) is 3. The maximum absolute atomic E-state index is 12.6. The van der Waals surface area contributed by atoms with Crippen molar-refractivity contribution in [3.63, 3.8) is 0 Å². The van der Waals surface area contributed by atoms with Crippen molar-refractivity contribution in [2.45, 2.75) is 39.0 Å². The first-order chi connectivity index (χ1) is 12.8. The number of aromatic nitrogens is 1. The first-order valence-electron chi connectivity index (χ1n) is 8.75. The molecule has 3 rings (SSSR count). The van der Waals surface area contributed by atoms with Crippen LogP contribution in [0.25, 0.3) is 10.4 Å². The number of hydrogen-bond donors (Lipinski definition) is 1. The molecule has 0 spiro atoms. The fraction of sp³-hybridized carbons (Fsp3) is 0.286. The quantitative estimate of drug-likeness (QED) is 0.539. The highest BCUT2D eigenvalue weighted by molar-refractivity contribution is 7.15. The predicted molar refractivity (Wildman–Crippen MR) is 104 cm³/mol. The lowest BCUT2D eigenvalue weighted by Gasteiger charge is -2.08. The minimum absolute atomic E-state index is 0.496. The Hall–Kier alpha value is -2.18. The molecular formula is C21H21F3N2S. The van der Waals surface area contributed by atoms with Crippen molar-refractivity contribution < 1.29 is 13.2 Å². The Morgan fingerprint density at radius 1 is 0.963 bits per heavy atom. The Bertz CT molecular complexity index is 866. The summed E-state index contributed by atoms with van der Waals surface area (Å²) in [6, 6.07) is 13.7. The van der Waals surface area contributed by atoms with E-state index in [1.165, 1.54) is 17.7 Å². The topological polar surface area (TPSA) is 24.9 Å². The van der Waals surface area contributed by atoms with E-state index < -0.39 is 11.7 Å².